The lowest BCUT2D eigenvalue weighted by atomic mass is 10.00. The quantitative estimate of drug-likeness (QED) is 0.880. The Hall–Kier alpha value is -1.09. The number of aromatic nitrogens is 1. The van der Waals surface area contributed by atoms with E-state index in [2.05, 4.69) is 17.2 Å². The lowest BCUT2D eigenvalue weighted by molar-refractivity contribution is 0.597. The molecule has 2 rings (SSSR count). The summed E-state index contributed by atoms with van der Waals surface area (Å²) in [7, 11) is 0. The van der Waals surface area contributed by atoms with Gasteiger partial charge in [-0.1, -0.05) is 42.3 Å². The Labute approximate surface area is 123 Å². The molecule has 100 valence electrons. The largest absolute Gasteiger partial charge is 0.306 e. The van der Waals surface area contributed by atoms with Crippen molar-refractivity contribution in [3.8, 4) is 0 Å². The first-order valence-corrected chi connectivity index (χ1v) is 7.07. The van der Waals surface area contributed by atoms with Gasteiger partial charge in [0, 0.05) is 28.0 Å². The minimum Gasteiger partial charge on any atom is -0.306 e. The second kappa shape index (κ2) is 6.90. The maximum absolute atomic E-state index is 6.31. The standard InChI is InChI=1S/C15H16Cl2N2/c1-2-8-19-15(11-5-4-9-18-10-11)14-12(16)6-3-7-13(14)17/h3-7,9-10,15,19H,2,8H2,1H3. The van der Waals surface area contributed by atoms with E-state index >= 15 is 0 Å². The Bertz CT molecular complexity index is 509. The molecule has 1 heterocycles. The number of hydrogen-bond donors (Lipinski definition) is 1. The first-order valence-electron chi connectivity index (χ1n) is 6.31. The summed E-state index contributed by atoms with van der Waals surface area (Å²) in [5.74, 6) is 0. The summed E-state index contributed by atoms with van der Waals surface area (Å²) in [4.78, 5) is 4.17. The molecule has 0 spiro atoms. The van der Waals surface area contributed by atoms with Crippen LogP contribution in [-0.4, -0.2) is 11.5 Å². The van der Waals surface area contributed by atoms with Crippen molar-refractivity contribution >= 4 is 23.2 Å². The van der Waals surface area contributed by atoms with Crippen LogP contribution in [-0.2, 0) is 0 Å². The maximum Gasteiger partial charge on any atom is 0.0621 e. The van der Waals surface area contributed by atoms with Crippen LogP contribution in [0.5, 0.6) is 0 Å². The molecule has 0 radical (unpaired) electrons. The van der Waals surface area contributed by atoms with Crippen molar-refractivity contribution in [3.63, 3.8) is 0 Å². The molecule has 1 atom stereocenters. The van der Waals surface area contributed by atoms with E-state index in [1.165, 1.54) is 0 Å². The highest BCUT2D eigenvalue weighted by molar-refractivity contribution is 6.36. The number of rotatable bonds is 5. The summed E-state index contributed by atoms with van der Waals surface area (Å²) in [6, 6.07) is 9.49. The van der Waals surface area contributed by atoms with Gasteiger partial charge in [0.05, 0.1) is 6.04 Å². The van der Waals surface area contributed by atoms with E-state index in [9.17, 15) is 0 Å². The zero-order chi connectivity index (χ0) is 13.7. The van der Waals surface area contributed by atoms with Gasteiger partial charge in [0.1, 0.15) is 0 Å². The van der Waals surface area contributed by atoms with Gasteiger partial charge in [0.15, 0.2) is 0 Å². The number of pyridine rings is 1. The molecule has 0 aliphatic rings. The van der Waals surface area contributed by atoms with E-state index in [0.717, 1.165) is 24.1 Å². The molecule has 1 aromatic heterocycles. The van der Waals surface area contributed by atoms with Crippen LogP contribution in [0.3, 0.4) is 0 Å². The number of nitrogens with one attached hydrogen (secondary N) is 1. The van der Waals surface area contributed by atoms with Gasteiger partial charge in [-0.05, 0) is 36.7 Å². The van der Waals surface area contributed by atoms with Crippen molar-refractivity contribution < 1.29 is 0 Å². The van der Waals surface area contributed by atoms with Gasteiger partial charge >= 0.3 is 0 Å². The monoisotopic (exact) mass is 294 g/mol. The number of nitrogens with zero attached hydrogens (tertiary/aromatic N) is 1. The molecule has 0 fully saturated rings. The smallest absolute Gasteiger partial charge is 0.0621 e. The maximum atomic E-state index is 6.31. The lowest BCUT2D eigenvalue weighted by Gasteiger charge is -2.21. The summed E-state index contributed by atoms with van der Waals surface area (Å²) >= 11 is 12.6. The molecule has 0 aliphatic carbocycles. The minimum absolute atomic E-state index is 0.0325. The molecule has 2 nitrogen and oxygen atoms in total. The molecule has 0 amide bonds. The summed E-state index contributed by atoms with van der Waals surface area (Å²) in [5.41, 5.74) is 1.97. The van der Waals surface area contributed by atoms with Crippen LogP contribution in [0.4, 0.5) is 0 Å². The molecule has 0 bridgehead atoms. The highest BCUT2D eigenvalue weighted by Gasteiger charge is 2.19. The summed E-state index contributed by atoms with van der Waals surface area (Å²) in [5, 5.41) is 4.82. The fourth-order valence-electron chi connectivity index (χ4n) is 2.01. The lowest BCUT2D eigenvalue weighted by Crippen LogP contribution is -2.24. The molecule has 19 heavy (non-hydrogen) atoms. The van der Waals surface area contributed by atoms with Gasteiger partial charge in [-0.25, -0.2) is 0 Å². The van der Waals surface area contributed by atoms with Gasteiger partial charge < -0.3 is 5.32 Å². The normalized spacial score (nSPS) is 12.4. The Morgan fingerprint density at radius 3 is 2.47 bits per heavy atom. The molecular formula is C15H16Cl2N2. The second-order valence-electron chi connectivity index (χ2n) is 4.31. The van der Waals surface area contributed by atoms with Crippen LogP contribution in [0.25, 0.3) is 0 Å². The van der Waals surface area contributed by atoms with Gasteiger partial charge in [-0.2, -0.15) is 0 Å². The Morgan fingerprint density at radius 2 is 1.89 bits per heavy atom. The fraction of sp³-hybridized carbons (Fsp3) is 0.267. The molecule has 1 unspecified atom stereocenters. The summed E-state index contributed by atoms with van der Waals surface area (Å²) in [6.45, 7) is 3.02. The van der Waals surface area contributed by atoms with E-state index in [1.807, 2.05) is 36.5 Å². The molecular weight excluding hydrogens is 279 g/mol. The molecule has 0 saturated carbocycles. The summed E-state index contributed by atoms with van der Waals surface area (Å²) in [6.07, 6.45) is 4.64. The third-order valence-corrected chi connectivity index (χ3v) is 3.56. The van der Waals surface area contributed by atoms with E-state index in [-0.39, 0.29) is 6.04 Å². The van der Waals surface area contributed by atoms with E-state index in [0.29, 0.717) is 10.0 Å². The van der Waals surface area contributed by atoms with Gasteiger partial charge in [0.2, 0.25) is 0 Å². The van der Waals surface area contributed by atoms with Gasteiger partial charge in [0.25, 0.3) is 0 Å². The molecule has 0 saturated heterocycles. The van der Waals surface area contributed by atoms with Gasteiger partial charge in [-0.3, -0.25) is 4.98 Å². The Kier molecular flexibility index (Phi) is 5.20. The van der Waals surface area contributed by atoms with Crippen LogP contribution in [0, 0.1) is 0 Å². The third-order valence-electron chi connectivity index (χ3n) is 2.90. The summed E-state index contributed by atoms with van der Waals surface area (Å²) < 4.78 is 0. The van der Waals surface area contributed by atoms with E-state index in [1.54, 1.807) is 6.20 Å². The van der Waals surface area contributed by atoms with Crippen molar-refractivity contribution in [2.45, 2.75) is 19.4 Å². The fourth-order valence-corrected chi connectivity index (χ4v) is 2.62. The molecule has 1 N–H and O–H groups in total. The van der Waals surface area contributed by atoms with E-state index in [4.69, 9.17) is 23.2 Å². The van der Waals surface area contributed by atoms with Crippen molar-refractivity contribution in [3.05, 3.63) is 63.9 Å². The SMILES string of the molecule is CCCNC(c1cccnc1)c1c(Cl)cccc1Cl. The van der Waals surface area contributed by atoms with Gasteiger partial charge in [-0.15, -0.1) is 0 Å². The predicted octanol–water partition coefficient (Wildman–Crippen LogP) is 4.48. The van der Waals surface area contributed by atoms with Crippen LogP contribution in [0.1, 0.15) is 30.5 Å². The molecule has 4 heteroatoms. The van der Waals surface area contributed by atoms with Crippen LogP contribution in [0.15, 0.2) is 42.7 Å². The molecule has 0 aliphatic heterocycles. The first kappa shape index (κ1) is 14.3. The highest BCUT2D eigenvalue weighted by Crippen LogP contribution is 2.33. The topological polar surface area (TPSA) is 24.9 Å². The minimum atomic E-state index is -0.0325. The van der Waals surface area contributed by atoms with Crippen LogP contribution >= 0.6 is 23.2 Å². The second-order valence-corrected chi connectivity index (χ2v) is 5.12. The average molecular weight is 295 g/mol. The zero-order valence-corrected chi connectivity index (χ0v) is 12.2. The van der Waals surface area contributed by atoms with Crippen LogP contribution in [0.2, 0.25) is 10.0 Å². The predicted molar refractivity (Wildman–Crippen MR) is 80.8 cm³/mol. The Morgan fingerprint density at radius 1 is 1.16 bits per heavy atom. The highest BCUT2D eigenvalue weighted by atomic mass is 35.5. The van der Waals surface area contributed by atoms with Crippen molar-refractivity contribution in [1.82, 2.24) is 10.3 Å². The molecule has 1 aromatic carbocycles. The number of benzene rings is 1. The third kappa shape index (κ3) is 3.47. The zero-order valence-electron chi connectivity index (χ0n) is 10.7. The molecule has 2 aromatic rings. The van der Waals surface area contributed by atoms with E-state index < -0.39 is 0 Å². The van der Waals surface area contributed by atoms with Crippen molar-refractivity contribution in [1.29, 1.82) is 0 Å². The Balaban J connectivity index is 2.43. The van der Waals surface area contributed by atoms with Crippen LogP contribution < -0.4 is 5.32 Å². The number of halogens is 2. The van der Waals surface area contributed by atoms with Crippen molar-refractivity contribution in [2.75, 3.05) is 6.54 Å². The number of hydrogen-bond acceptors (Lipinski definition) is 2. The van der Waals surface area contributed by atoms with Crippen molar-refractivity contribution in [2.24, 2.45) is 0 Å². The average Bonchev–Trinajstić information content (AvgIpc) is 2.43. The first-order chi connectivity index (χ1) is 9.24.